The van der Waals surface area contributed by atoms with Gasteiger partial charge in [-0.1, -0.05) is 24.3 Å². The minimum Gasteiger partial charge on any atom is -0.492 e. The Hall–Kier alpha value is -3.35. The smallest absolute Gasteiger partial charge is 0.258 e. The molecular weight excluding hydrogens is 392 g/mol. The van der Waals surface area contributed by atoms with Gasteiger partial charge in [0.2, 0.25) is 5.91 Å². The number of hydrogen-bond donors (Lipinski definition) is 1. The van der Waals surface area contributed by atoms with E-state index in [4.69, 9.17) is 14.5 Å². The Morgan fingerprint density at radius 2 is 1.74 bits per heavy atom. The minimum atomic E-state index is -0.161. The van der Waals surface area contributed by atoms with Crippen molar-refractivity contribution in [3.8, 4) is 11.6 Å². The number of hydrogen-bond acceptors (Lipinski definition) is 6. The number of ether oxygens (including phenoxy) is 2. The Labute approximate surface area is 182 Å². The molecule has 1 amide bonds. The predicted octanol–water partition coefficient (Wildman–Crippen LogP) is 4.28. The molecule has 1 atom stereocenters. The van der Waals surface area contributed by atoms with Gasteiger partial charge >= 0.3 is 0 Å². The number of amides is 1. The number of benzene rings is 2. The van der Waals surface area contributed by atoms with Crippen molar-refractivity contribution >= 4 is 28.4 Å². The van der Waals surface area contributed by atoms with Gasteiger partial charge in [-0.25, -0.2) is 9.97 Å². The van der Waals surface area contributed by atoms with Gasteiger partial charge < -0.3 is 19.7 Å². The largest absolute Gasteiger partial charge is 0.492 e. The normalized spacial score (nSPS) is 16.2. The molecule has 1 aliphatic rings. The van der Waals surface area contributed by atoms with Crippen LogP contribution in [-0.4, -0.2) is 42.2 Å². The molecule has 3 aromatic rings. The van der Waals surface area contributed by atoms with Crippen molar-refractivity contribution in [3.63, 3.8) is 0 Å². The van der Waals surface area contributed by atoms with Crippen molar-refractivity contribution in [1.29, 1.82) is 0 Å². The van der Waals surface area contributed by atoms with Crippen LogP contribution in [0.1, 0.15) is 26.7 Å². The summed E-state index contributed by atoms with van der Waals surface area (Å²) >= 11 is 0. The van der Waals surface area contributed by atoms with Crippen LogP contribution in [0.2, 0.25) is 0 Å². The van der Waals surface area contributed by atoms with Gasteiger partial charge in [0, 0.05) is 13.1 Å². The lowest BCUT2D eigenvalue weighted by Gasteiger charge is -2.33. The first-order valence-electron chi connectivity index (χ1n) is 10.9. The SMILES string of the molecule is CCOc1ccccc1NC(=O)C1CCCN(c2nc3ccccc3nc2OCC)C1. The number of fused-ring (bicyclic) bond motifs is 1. The van der Waals surface area contributed by atoms with Crippen LogP contribution in [-0.2, 0) is 4.79 Å². The first kappa shape index (κ1) is 20.9. The molecule has 1 N–H and O–H groups in total. The van der Waals surface area contributed by atoms with E-state index in [0.29, 0.717) is 42.9 Å². The van der Waals surface area contributed by atoms with Crippen LogP contribution in [0.3, 0.4) is 0 Å². The fourth-order valence-electron chi connectivity index (χ4n) is 3.88. The lowest BCUT2D eigenvalue weighted by molar-refractivity contribution is -0.120. The van der Waals surface area contributed by atoms with Gasteiger partial charge in [-0.15, -0.1) is 0 Å². The van der Waals surface area contributed by atoms with Crippen LogP contribution in [0.25, 0.3) is 11.0 Å². The van der Waals surface area contributed by atoms with Gasteiger partial charge in [0.1, 0.15) is 5.75 Å². The number of aromatic nitrogens is 2. The molecule has 0 aliphatic carbocycles. The van der Waals surface area contributed by atoms with Crippen molar-refractivity contribution in [2.24, 2.45) is 5.92 Å². The van der Waals surface area contributed by atoms with E-state index >= 15 is 0 Å². The fraction of sp³-hybridized carbons (Fsp3) is 0.375. The van der Waals surface area contributed by atoms with Crippen molar-refractivity contribution in [2.45, 2.75) is 26.7 Å². The highest BCUT2D eigenvalue weighted by molar-refractivity contribution is 5.94. The first-order valence-corrected chi connectivity index (χ1v) is 10.9. The number of carbonyl (C=O) groups is 1. The summed E-state index contributed by atoms with van der Waals surface area (Å²) in [6, 6.07) is 15.3. The summed E-state index contributed by atoms with van der Waals surface area (Å²) in [6.45, 7) is 6.29. The molecule has 1 aliphatic heterocycles. The van der Waals surface area contributed by atoms with Gasteiger partial charge in [-0.05, 0) is 51.0 Å². The maximum atomic E-state index is 13.1. The summed E-state index contributed by atoms with van der Waals surface area (Å²) in [5, 5.41) is 3.05. The molecule has 0 spiro atoms. The van der Waals surface area contributed by atoms with E-state index in [1.165, 1.54) is 0 Å². The van der Waals surface area contributed by atoms with Gasteiger partial charge in [0.25, 0.3) is 5.88 Å². The van der Waals surface area contributed by atoms with E-state index in [9.17, 15) is 4.79 Å². The van der Waals surface area contributed by atoms with Crippen LogP contribution in [0.4, 0.5) is 11.5 Å². The predicted molar refractivity (Wildman–Crippen MR) is 122 cm³/mol. The van der Waals surface area contributed by atoms with Gasteiger partial charge in [0.05, 0.1) is 35.9 Å². The molecule has 31 heavy (non-hydrogen) atoms. The minimum absolute atomic E-state index is 0.0106. The molecule has 0 saturated carbocycles. The van der Waals surface area contributed by atoms with Crippen LogP contribution < -0.4 is 19.7 Å². The molecule has 0 bridgehead atoms. The third kappa shape index (κ3) is 4.71. The van der Waals surface area contributed by atoms with Gasteiger partial charge in [-0.2, -0.15) is 0 Å². The lowest BCUT2D eigenvalue weighted by atomic mass is 9.97. The molecule has 1 unspecified atom stereocenters. The molecule has 162 valence electrons. The molecule has 1 aromatic heterocycles. The van der Waals surface area contributed by atoms with Crippen LogP contribution in [0, 0.1) is 5.92 Å². The second-order valence-electron chi connectivity index (χ2n) is 7.48. The summed E-state index contributed by atoms with van der Waals surface area (Å²) in [7, 11) is 0. The van der Waals surface area contributed by atoms with Crippen LogP contribution in [0.15, 0.2) is 48.5 Å². The summed E-state index contributed by atoms with van der Waals surface area (Å²) in [5.74, 6) is 1.73. The Morgan fingerprint density at radius 3 is 2.52 bits per heavy atom. The van der Waals surface area contributed by atoms with Crippen molar-refractivity contribution in [2.75, 3.05) is 36.5 Å². The van der Waals surface area contributed by atoms with Crippen molar-refractivity contribution < 1.29 is 14.3 Å². The number of para-hydroxylation sites is 4. The van der Waals surface area contributed by atoms with Crippen molar-refractivity contribution in [1.82, 2.24) is 9.97 Å². The third-order valence-corrected chi connectivity index (χ3v) is 5.34. The molecule has 2 heterocycles. The second kappa shape index (κ2) is 9.64. The zero-order valence-corrected chi connectivity index (χ0v) is 18.0. The topological polar surface area (TPSA) is 76.6 Å². The van der Waals surface area contributed by atoms with E-state index in [-0.39, 0.29) is 11.8 Å². The quantitative estimate of drug-likeness (QED) is 0.615. The lowest BCUT2D eigenvalue weighted by Crippen LogP contribution is -2.41. The summed E-state index contributed by atoms with van der Waals surface area (Å²) in [4.78, 5) is 24.7. The maximum absolute atomic E-state index is 13.1. The standard InChI is InChI=1S/C24H28N4O3/c1-3-30-21-14-8-7-13-20(21)26-23(29)17-10-9-15-28(16-17)22-24(31-4-2)27-19-12-6-5-11-18(19)25-22/h5-8,11-14,17H,3-4,9-10,15-16H2,1-2H3,(H,26,29). The summed E-state index contributed by atoms with van der Waals surface area (Å²) in [5.41, 5.74) is 2.32. The second-order valence-corrected chi connectivity index (χ2v) is 7.48. The van der Waals surface area contributed by atoms with Gasteiger partial charge in [0.15, 0.2) is 5.82 Å². The monoisotopic (exact) mass is 420 g/mol. The fourth-order valence-corrected chi connectivity index (χ4v) is 3.88. The molecule has 7 nitrogen and oxygen atoms in total. The Morgan fingerprint density at radius 1 is 1.03 bits per heavy atom. The van der Waals surface area contributed by atoms with E-state index < -0.39 is 0 Å². The number of carbonyl (C=O) groups excluding carboxylic acids is 1. The highest BCUT2D eigenvalue weighted by Gasteiger charge is 2.29. The highest BCUT2D eigenvalue weighted by atomic mass is 16.5. The van der Waals surface area contributed by atoms with Crippen LogP contribution >= 0.6 is 0 Å². The number of piperidine rings is 1. The molecule has 1 saturated heterocycles. The number of nitrogens with one attached hydrogen (secondary N) is 1. The summed E-state index contributed by atoms with van der Waals surface area (Å²) in [6.07, 6.45) is 1.72. The maximum Gasteiger partial charge on any atom is 0.258 e. The zero-order chi connectivity index (χ0) is 21.6. The average Bonchev–Trinajstić information content (AvgIpc) is 2.80. The van der Waals surface area contributed by atoms with E-state index in [1.807, 2.05) is 62.4 Å². The Bertz CT molecular complexity index is 1060. The third-order valence-electron chi connectivity index (χ3n) is 5.34. The number of anilines is 2. The molecule has 7 heteroatoms. The van der Waals surface area contributed by atoms with E-state index in [2.05, 4.69) is 15.2 Å². The first-order chi connectivity index (χ1) is 15.2. The molecule has 2 aromatic carbocycles. The zero-order valence-electron chi connectivity index (χ0n) is 18.0. The molecular formula is C24H28N4O3. The number of rotatable bonds is 7. The molecule has 1 fully saturated rings. The van der Waals surface area contributed by atoms with Gasteiger partial charge in [-0.3, -0.25) is 4.79 Å². The molecule has 4 rings (SSSR count). The Kier molecular flexibility index (Phi) is 6.50. The summed E-state index contributed by atoms with van der Waals surface area (Å²) < 4.78 is 11.4. The Balaban J connectivity index is 1.55. The highest BCUT2D eigenvalue weighted by Crippen LogP contribution is 2.31. The number of nitrogens with zero attached hydrogens (tertiary/aromatic N) is 3. The van der Waals surface area contributed by atoms with Crippen molar-refractivity contribution in [3.05, 3.63) is 48.5 Å². The van der Waals surface area contributed by atoms with E-state index in [1.54, 1.807) is 0 Å². The van der Waals surface area contributed by atoms with Crippen LogP contribution in [0.5, 0.6) is 11.6 Å². The van der Waals surface area contributed by atoms with E-state index in [0.717, 1.165) is 30.4 Å². The average molecular weight is 421 g/mol. The molecule has 0 radical (unpaired) electrons.